The van der Waals surface area contributed by atoms with E-state index >= 15 is 0 Å². The zero-order valence-electron chi connectivity index (χ0n) is 17.4. The monoisotopic (exact) mass is 346 g/mol. The summed E-state index contributed by atoms with van der Waals surface area (Å²) in [4.78, 5) is 0. The quantitative estimate of drug-likeness (QED) is 0.653. The molecule has 6 aliphatic rings. The molecule has 6 saturated carbocycles. The molecular weight excluding hydrogens is 304 g/mol. The Labute approximate surface area is 156 Å². The van der Waals surface area contributed by atoms with Gasteiger partial charge < -0.3 is 10.6 Å². The van der Waals surface area contributed by atoms with Crippen LogP contribution in [-0.4, -0.2) is 25.7 Å². The first kappa shape index (κ1) is 18.3. The van der Waals surface area contributed by atoms with Gasteiger partial charge in [0.1, 0.15) is 0 Å². The van der Waals surface area contributed by atoms with Crippen molar-refractivity contribution in [2.75, 3.05) is 19.6 Å². The van der Waals surface area contributed by atoms with E-state index in [1.165, 1.54) is 45.1 Å². The predicted octanol–water partition coefficient (Wildman–Crippen LogP) is 4.70. The molecule has 2 N–H and O–H groups in total. The third-order valence-electron chi connectivity index (χ3n) is 10.0. The second kappa shape index (κ2) is 6.51. The van der Waals surface area contributed by atoms with Gasteiger partial charge in [-0.15, -0.1) is 0 Å². The third-order valence-corrected chi connectivity index (χ3v) is 10.0. The molecule has 6 aliphatic carbocycles. The van der Waals surface area contributed by atoms with E-state index in [1.807, 2.05) is 0 Å². The van der Waals surface area contributed by atoms with Crippen molar-refractivity contribution >= 4 is 0 Å². The minimum Gasteiger partial charge on any atom is -0.315 e. The van der Waals surface area contributed by atoms with Crippen molar-refractivity contribution in [3.8, 4) is 0 Å². The van der Waals surface area contributed by atoms with Crippen LogP contribution in [0.4, 0.5) is 0 Å². The van der Waals surface area contributed by atoms with E-state index in [0.717, 1.165) is 54.6 Å². The van der Waals surface area contributed by atoms with E-state index in [9.17, 15) is 0 Å². The number of rotatable bonds is 7. The normalized spacial score (nSPS) is 50.0. The molecule has 4 bridgehead atoms. The van der Waals surface area contributed by atoms with E-state index in [-0.39, 0.29) is 0 Å². The molecule has 0 saturated heterocycles. The van der Waals surface area contributed by atoms with Crippen molar-refractivity contribution in [3.05, 3.63) is 0 Å². The highest BCUT2D eigenvalue weighted by Gasteiger charge is 2.57. The van der Waals surface area contributed by atoms with Crippen LogP contribution in [0.15, 0.2) is 0 Å². The molecule has 144 valence electrons. The number of fused-ring (bicyclic) bond motifs is 4. The van der Waals surface area contributed by atoms with E-state index in [2.05, 4.69) is 45.3 Å². The molecule has 3 unspecified atom stereocenters. The molecule has 0 aromatic heterocycles. The standard InChI is InChI=1S/C23H42N2/c1-6-23(5)18-12-19(23)15(2)21(13-18)25-10-9-24-14-16-7-8-17-11-20(16)22(17,3)4/h15-21,24-25H,6-14H2,1-5H3/t15-,16+,17?,18+,19-,20?,21-,23?/m1/s1. The molecule has 0 aromatic carbocycles. The van der Waals surface area contributed by atoms with Gasteiger partial charge in [-0.1, -0.05) is 41.0 Å². The highest BCUT2D eigenvalue weighted by Crippen LogP contribution is 2.63. The Morgan fingerprint density at radius 3 is 2.32 bits per heavy atom. The molecule has 2 nitrogen and oxygen atoms in total. The maximum absolute atomic E-state index is 3.91. The summed E-state index contributed by atoms with van der Waals surface area (Å²) in [5.74, 6) is 5.78. The van der Waals surface area contributed by atoms with Crippen LogP contribution in [0.1, 0.15) is 73.1 Å². The molecule has 25 heavy (non-hydrogen) atoms. The lowest BCUT2D eigenvalue weighted by Gasteiger charge is -2.63. The van der Waals surface area contributed by atoms with Crippen LogP contribution < -0.4 is 10.6 Å². The summed E-state index contributed by atoms with van der Waals surface area (Å²) in [6, 6.07) is 0.770. The van der Waals surface area contributed by atoms with Gasteiger partial charge in [0.25, 0.3) is 0 Å². The highest BCUT2D eigenvalue weighted by atomic mass is 15.0. The van der Waals surface area contributed by atoms with Crippen molar-refractivity contribution in [3.63, 3.8) is 0 Å². The summed E-state index contributed by atoms with van der Waals surface area (Å²) >= 11 is 0. The van der Waals surface area contributed by atoms with Gasteiger partial charge in [0.15, 0.2) is 0 Å². The van der Waals surface area contributed by atoms with Gasteiger partial charge in [-0.25, -0.2) is 0 Å². The Kier molecular flexibility index (Phi) is 4.77. The lowest BCUT2D eigenvalue weighted by Crippen LogP contribution is -2.61. The summed E-state index contributed by atoms with van der Waals surface area (Å²) in [5.41, 5.74) is 1.29. The van der Waals surface area contributed by atoms with Crippen LogP contribution in [0.25, 0.3) is 0 Å². The molecular formula is C23H42N2. The van der Waals surface area contributed by atoms with Gasteiger partial charge in [0.05, 0.1) is 0 Å². The first-order valence-corrected chi connectivity index (χ1v) is 11.3. The molecule has 6 rings (SSSR count). The Bertz CT molecular complexity index is 484. The van der Waals surface area contributed by atoms with Gasteiger partial charge in [-0.3, -0.25) is 0 Å². The Morgan fingerprint density at radius 2 is 1.68 bits per heavy atom. The van der Waals surface area contributed by atoms with Crippen molar-refractivity contribution in [2.24, 2.45) is 46.3 Å². The average Bonchev–Trinajstić information content (AvgIpc) is 2.61. The second-order valence-corrected chi connectivity index (χ2v) is 11.0. The largest absolute Gasteiger partial charge is 0.315 e. The predicted molar refractivity (Wildman–Crippen MR) is 107 cm³/mol. The first-order valence-electron chi connectivity index (χ1n) is 11.3. The summed E-state index contributed by atoms with van der Waals surface area (Å²) in [6.07, 6.45) is 8.76. The van der Waals surface area contributed by atoms with Crippen LogP contribution in [0.5, 0.6) is 0 Å². The zero-order valence-corrected chi connectivity index (χ0v) is 17.4. The van der Waals surface area contributed by atoms with E-state index in [0.29, 0.717) is 10.8 Å². The first-order chi connectivity index (χ1) is 11.9. The number of hydrogen-bond acceptors (Lipinski definition) is 2. The molecule has 0 aromatic rings. The number of nitrogens with one attached hydrogen (secondary N) is 2. The fraction of sp³-hybridized carbons (Fsp3) is 1.00. The average molecular weight is 347 g/mol. The van der Waals surface area contributed by atoms with Gasteiger partial charge in [-0.05, 0) is 85.0 Å². The highest BCUT2D eigenvalue weighted by molar-refractivity contribution is 5.08. The van der Waals surface area contributed by atoms with Gasteiger partial charge in [0, 0.05) is 19.1 Å². The Hall–Kier alpha value is -0.0800. The second-order valence-electron chi connectivity index (χ2n) is 11.0. The maximum Gasteiger partial charge on any atom is 0.00989 e. The molecule has 2 heteroatoms. The molecule has 0 amide bonds. The SMILES string of the molecule is CCC1(C)[C@H]2C[C@@H]1[C@@H](C)[C@H](NCCNC[C@@H]1CCC3CC1C3(C)C)C2. The third kappa shape index (κ3) is 2.81. The van der Waals surface area contributed by atoms with Crippen LogP contribution in [0.3, 0.4) is 0 Å². The van der Waals surface area contributed by atoms with Gasteiger partial charge >= 0.3 is 0 Å². The van der Waals surface area contributed by atoms with Crippen molar-refractivity contribution in [1.29, 1.82) is 0 Å². The van der Waals surface area contributed by atoms with Gasteiger partial charge in [-0.2, -0.15) is 0 Å². The van der Waals surface area contributed by atoms with E-state index in [1.54, 1.807) is 0 Å². The molecule has 0 radical (unpaired) electrons. The molecule has 6 fully saturated rings. The lowest BCUT2D eigenvalue weighted by molar-refractivity contribution is -0.129. The van der Waals surface area contributed by atoms with Crippen molar-refractivity contribution in [1.82, 2.24) is 10.6 Å². The minimum atomic E-state index is 0.632. The van der Waals surface area contributed by atoms with Crippen LogP contribution in [0, 0.1) is 46.3 Å². The smallest absolute Gasteiger partial charge is 0.00989 e. The summed E-state index contributed by atoms with van der Waals surface area (Å²) in [6.45, 7) is 16.0. The fourth-order valence-electron chi connectivity index (χ4n) is 7.63. The lowest BCUT2D eigenvalue weighted by atomic mass is 9.43. The zero-order chi connectivity index (χ0) is 17.8. The van der Waals surface area contributed by atoms with E-state index in [4.69, 9.17) is 0 Å². The Morgan fingerprint density at radius 1 is 0.920 bits per heavy atom. The topological polar surface area (TPSA) is 24.1 Å². The van der Waals surface area contributed by atoms with E-state index < -0.39 is 0 Å². The fourth-order valence-corrected chi connectivity index (χ4v) is 7.63. The van der Waals surface area contributed by atoms with Crippen LogP contribution >= 0.6 is 0 Å². The van der Waals surface area contributed by atoms with Crippen LogP contribution in [-0.2, 0) is 0 Å². The Balaban J connectivity index is 1.15. The summed E-state index contributed by atoms with van der Waals surface area (Å²) in [7, 11) is 0. The summed E-state index contributed by atoms with van der Waals surface area (Å²) in [5, 5.41) is 7.70. The minimum absolute atomic E-state index is 0.632. The van der Waals surface area contributed by atoms with Crippen LogP contribution in [0.2, 0.25) is 0 Å². The van der Waals surface area contributed by atoms with Crippen molar-refractivity contribution in [2.45, 2.75) is 79.2 Å². The molecule has 0 heterocycles. The van der Waals surface area contributed by atoms with Crippen molar-refractivity contribution < 1.29 is 0 Å². The summed E-state index contributed by atoms with van der Waals surface area (Å²) < 4.78 is 0. The number of hydrogen-bond donors (Lipinski definition) is 2. The maximum atomic E-state index is 3.91. The molecule has 0 aliphatic heterocycles. The molecule has 0 spiro atoms. The molecule has 8 atom stereocenters. The van der Waals surface area contributed by atoms with Gasteiger partial charge in [0.2, 0.25) is 0 Å².